The summed E-state index contributed by atoms with van der Waals surface area (Å²) >= 11 is 0. The van der Waals surface area contributed by atoms with Gasteiger partial charge in [0, 0.05) is 20.3 Å². The summed E-state index contributed by atoms with van der Waals surface area (Å²) in [6, 6.07) is 10.1. The van der Waals surface area contributed by atoms with Gasteiger partial charge in [0.1, 0.15) is 5.69 Å². The summed E-state index contributed by atoms with van der Waals surface area (Å²) in [7, 11) is 1.82. The minimum atomic E-state index is -0.360. The molecule has 0 atom stereocenters. The molecule has 110 valence electrons. The lowest BCUT2D eigenvalue weighted by molar-refractivity contribution is 0.0343. The molecule has 1 aromatic carbocycles. The van der Waals surface area contributed by atoms with Crippen LogP contribution in [-0.4, -0.2) is 28.7 Å². The van der Waals surface area contributed by atoms with Crippen molar-refractivity contribution in [1.82, 2.24) is 14.9 Å². The standard InChI is InChI=1S/C16H19N3O2/c1-19-12-17-11-14(19)15(20)18-16(7-9-21-10-8-16)13-5-3-2-4-6-13/h2-6,11-12H,7-10H2,1H3,(H,18,20). The fourth-order valence-electron chi connectivity index (χ4n) is 2.82. The van der Waals surface area contributed by atoms with E-state index in [0.717, 1.165) is 18.4 Å². The van der Waals surface area contributed by atoms with Crippen LogP contribution in [0.4, 0.5) is 0 Å². The molecule has 5 nitrogen and oxygen atoms in total. The number of imidazole rings is 1. The van der Waals surface area contributed by atoms with Gasteiger partial charge in [-0.25, -0.2) is 4.98 Å². The predicted octanol–water partition coefficient (Wildman–Crippen LogP) is 1.86. The fourth-order valence-corrected chi connectivity index (χ4v) is 2.82. The molecule has 1 saturated heterocycles. The highest BCUT2D eigenvalue weighted by Crippen LogP contribution is 2.32. The van der Waals surface area contributed by atoms with Crippen molar-refractivity contribution in [3.8, 4) is 0 Å². The van der Waals surface area contributed by atoms with Crippen LogP contribution in [-0.2, 0) is 17.3 Å². The minimum absolute atomic E-state index is 0.0965. The SMILES string of the molecule is Cn1cncc1C(=O)NC1(c2ccccc2)CCOCC1. The third kappa shape index (κ3) is 2.69. The quantitative estimate of drug-likeness (QED) is 0.936. The number of ether oxygens (including phenoxy) is 1. The molecule has 21 heavy (non-hydrogen) atoms. The molecular weight excluding hydrogens is 266 g/mol. The maximum atomic E-state index is 12.6. The Labute approximate surface area is 124 Å². The van der Waals surface area contributed by atoms with Crippen LogP contribution in [0.25, 0.3) is 0 Å². The molecule has 0 radical (unpaired) electrons. The summed E-state index contributed by atoms with van der Waals surface area (Å²) < 4.78 is 7.20. The number of nitrogens with one attached hydrogen (secondary N) is 1. The van der Waals surface area contributed by atoms with E-state index in [1.54, 1.807) is 17.1 Å². The van der Waals surface area contributed by atoms with Crippen LogP contribution in [0.1, 0.15) is 28.9 Å². The summed E-state index contributed by atoms with van der Waals surface area (Å²) in [6.45, 7) is 1.31. The molecule has 2 heterocycles. The molecule has 1 aliphatic rings. The zero-order valence-corrected chi connectivity index (χ0v) is 12.1. The Morgan fingerprint density at radius 1 is 1.29 bits per heavy atom. The number of hydrogen-bond acceptors (Lipinski definition) is 3. The highest BCUT2D eigenvalue weighted by Gasteiger charge is 2.36. The van der Waals surface area contributed by atoms with Crippen LogP contribution in [0, 0.1) is 0 Å². The van der Waals surface area contributed by atoms with Crippen molar-refractivity contribution in [3.63, 3.8) is 0 Å². The Bertz CT molecular complexity index is 615. The zero-order valence-electron chi connectivity index (χ0n) is 12.1. The Hall–Kier alpha value is -2.14. The predicted molar refractivity (Wildman–Crippen MR) is 78.8 cm³/mol. The molecule has 0 spiro atoms. The fraction of sp³-hybridized carbons (Fsp3) is 0.375. The van der Waals surface area contributed by atoms with E-state index in [0.29, 0.717) is 18.9 Å². The van der Waals surface area contributed by atoms with Gasteiger partial charge >= 0.3 is 0 Å². The number of rotatable bonds is 3. The Morgan fingerprint density at radius 3 is 2.62 bits per heavy atom. The molecule has 0 aliphatic carbocycles. The Balaban J connectivity index is 1.90. The van der Waals surface area contributed by atoms with Gasteiger partial charge in [-0.15, -0.1) is 0 Å². The first-order valence-electron chi connectivity index (χ1n) is 7.13. The van der Waals surface area contributed by atoms with Crippen molar-refractivity contribution in [2.24, 2.45) is 7.05 Å². The molecule has 1 aliphatic heterocycles. The number of aryl methyl sites for hydroxylation is 1. The second-order valence-electron chi connectivity index (χ2n) is 5.40. The second-order valence-corrected chi connectivity index (χ2v) is 5.40. The molecule has 0 bridgehead atoms. The third-order valence-corrected chi connectivity index (χ3v) is 4.07. The molecule has 0 unspecified atom stereocenters. The number of carbonyl (C=O) groups excluding carboxylic acids is 1. The first-order valence-corrected chi connectivity index (χ1v) is 7.13. The largest absolute Gasteiger partial charge is 0.381 e. The summed E-state index contributed by atoms with van der Waals surface area (Å²) in [5.74, 6) is -0.0965. The summed E-state index contributed by atoms with van der Waals surface area (Å²) in [6.07, 6.45) is 4.78. The van der Waals surface area contributed by atoms with Crippen molar-refractivity contribution in [2.75, 3.05) is 13.2 Å². The molecule has 3 rings (SSSR count). The molecule has 2 aromatic rings. The molecule has 5 heteroatoms. The minimum Gasteiger partial charge on any atom is -0.381 e. The van der Waals surface area contributed by atoms with Gasteiger partial charge in [-0.3, -0.25) is 4.79 Å². The molecule has 1 amide bonds. The zero-order chi connectivity index (χ0) is 14.7. The van der Waals surface area contributed by atoms with Crippen molar-refractivity contribution in [1.29, 1.82) is 0 Å². The summed E-state index contributed by atoms with van der Waals surface area (Å²) in [5, 5.41) is 3.21. The summed E-state index contributed by atoms with van der Waals surface area (Å²) in [4.78, 5) is 16.6. The van der Waals surface area contributed by atoms with Gasteiger partial charge in [-0.2, -0.15) is 0 Å². The maximum Gasteiger partial charge on any atom is 0.270 e. The van der Waals surface area contributed by atoms with Gasteiger partial charge in [0.05, 0.1) is 18.1 Å². The van der Waals surface area contributed by atoms with Crippen LogP contribution >= 0.6 is 0 Å². The average molecular weight is 285 g/mol. The third-order valence-electron chi connectivity index (χ3n) is 4.07. The number of nitrogens with zero attached hydrogens (tertiary/aromatic N) is 2. The first-order chi connectivity index (χ1) is 10.2. The van der Waals surface area contributed by atoms with Crippen molar-refractivity contribution in [3.05, 3.63) is 54.1 Å². The number of hydrogen-bond donors (Lipinski definition) is 1. The van der Waals surface area contributed by atoms with Crippen LogP contribution in [0.2, 0.25) is 0 Å². The van der Waals surface area contributed by atoms with E-state index in [9.17, 15) is 4.79 Å². The molecule has 0 saturated carbocycles. The van der Waals surface area contributed by atoms with Gasteiger partial charge < -0.3 is 14.6 Å². The van der Waals surface area contributed by atoms with Gasteiger partial charge in [0.25, 0.3) is 5.91 Å². The lowest BCUT2D eigenvalue weighted by atomic mass is 9.82. The van der Waals surface area contributed by atoms with Crippen molar-refractivity contribution < 1.29 is 9.53 Å². The van der Waals surface area contributed by atoms with E-state index >= 15 is 0 Å². The monoisotopic (exact) mass is 285 g/mol. The van der Waals surface area contributed by atoms with Gasteiger partial charge in [-0.05, 0) is 18.4 Å². The Kier molecular flexibility index (Phi) is 3.75. The van der Waals surface area contributed by atoms with Gasteiger partial charge in [0.15, 0.2) is 0 Å². The number of carbonyl (C=O) groups is 1. The van der Waals surface area contributed by atoms with Crippen molar-refractivity contribution >= 4 is 5.91 Å². The number of benzene rings is 1. The van der Waals surface area contributed by atoms with E-state index in [4.69, 9.17) is 4.74 Å². The topological polar surface area (TPSA) is 56.2 Å². The molecule has 1 N–H and O–H groups in total. The smallest absolute Gasteiger partial charge is 0.270 e. The van der Waals surface area contributed by atoms with E-state index in [1.165, 1.54) is 0 Å². The van der Waals surface area contributed by atoms with Crippen molar-refractivity contribution in [2.45, 2.75) is 18.4 Å². The highest BCUT2D eigenvalue weighted by molar-refractivity contribution is 5.93. The lowest BCUT2D eigenvalue weighted by Crippen LogP contribution is -2.49. The van der Waals surface area contributed by atoms with Crippen LogP contribution in [0.3, 0.4) is 0 Å². The van der Waals surface area contributed by atoms with Gasteiger partial charge in [0.2, 0.25) is 0 Å². The first kappa shape index (κ1) is 13.8. The number of amides is 1. The maximum absolute atomic E-state index is 12.6. The van der Waals surface area contributed by atoms with E-state index in [-0.39, 0.29) is 11.4 Å². The normalized spacial score (nSPS) is 17.4. The van der Waals surface area contributed by atoms with E-state index in [2.05, 4.69) is 22.4 Å². The van der Waals surface area contributed by atoms with Crippen LogP contribution in [0.5, 0.6) is 0 Å². The number of aromatic nitrogens is 2. The molecular formula is C16H19N3O2. The second kappa shape index (κ2) is 5.69. The molecule has 1 fully saturated rings. The van der Waals surface area contributed by atoms with E-state index < -0.39 is 0 Å². The van der Waals surface area contributed by atoms with Crippen LogP contribution < -0.4 is 5.32 Å². The lowest BCUT2D eigenvalue weighted by Gasteiger charge is -2.38. The molecule has 1 aromatic heterocycles. The van der Waals surface area contributed by atoms with Crippen LogP contribution in [0.15, 0.2) is 42.9 Å². The highest BCUT2D eigenvalue weighted by atomic mass is 16.5. The summed E-state index contributed by atoms with van der Waals surface area (Å²) in [5.41, 5.74) is 1.33. The average Bonchev–Trinajstić information content (AvgIpc) is 2.95. The van der Waals surface area contributed by atoms with E-state index in [1.807, 2.05) is 25.2 Å². The Morgan fingerprint density at radius 2 is 2.00 bits per heavy atom. The van der Waals surface area contributed by atoms with Gasteiger partial charge in [-0.1, -0.05) is 30.3 Å².